The second kappa shape index (κ2) is 6.15. The average Bonchev–Trinajstić information content (AvgIpc) is 2.35. The Morgan fingerprint density at radius 1 is 1.47 bits per heavy atom. The molecule has 3 nitrogen and oxygen atoms in total. The van der Waals surface area contributed by atoms with Gasteiger partial charge in [-0.25, -0.2) is 4.39 Å². The van der Waals surface area contributed by atoms with Crippen molar-refractivity contribution < 1.29 is 14.3 Å². The second-order valence-corrected chi connectivity index (χ2v) is 5.29. The van der Waals surface area contributed by atoms with Crippen LogP contribution in [0.4, 0.5) is 4.39 Å². The monoisotopic (exact) mass is 265 g/mol. The molecule has 1 heterocycles. The smallest absolute Gasteiger partial charge is 0.304 e. The van der Waals surface area contributed by atoms with E-state index >= 15 is 0 Å². The predicted molar refractivity (Wildman–Crippen MR) is 71.4 cm³/mol. The first-order valence-corrected chi connectivity index (χ1v) is 6.77. The Hall–Kier alpha value is -1.42. The summed E-state index contributed by atoms with van der Waals surface area (Å²) >= 11 is 0. The van der Waals surface area contributed by atoms with Crippen LogP contribution in [0.1, 0.15) is 36.8 Å². The van der Waals surface area contributed by atoms with Gasteiger partial charge in [0.25, 0.3) is 0 Å². The summed E-state index contributed by atoms with van der Waals surface area (Å²) in [5, 5.41) is 8.96. The largest absolute Gasteiger partial charge is 0.481 e. The maximum absolute atomic E-state index is 13.3. The molecular formula is C15H20FNO2. The first-order valence-electron chi connectivity index (χ1n) is 6.77. The zero-order chi connectivity index (χ0) is 13.8. The maximum atomic E-state index is 13.3. The third kappa shape index (κ3) is 3.77. The van der Waals surface area contributed by atoms with Crippen molar-refractivity contribution in [3.8, 4) is 0 Å². The van der Waals surface area contributed by atoms with Gasteiger partial charge in [0.05, 0.1) is 6.42 Å². The minimum absolute atomic E-state index is 0.0777. The molecule has 0 bridgehead atoms. The summed E-state index contributed by atoms with van der Waals surface area (Å²) in [6.07, 6.45) is 3.26. The molecule has 0 spiro atoms. The molecule has 1 aromatic carbocycles. The first kappa shape index (κ1) is 14.0. The SMILES string of the molecule is Cc1ccc(F)cc1CN1CCCCC1CC(=O)O. The van der Waals surface area contributed by atoms with Crippen LogP contribution in [0, 0.1) is 12.7 Å². The van der Waals surface area contributed by atoms with Crippen LogP contribution in [0.15, 0.2) is 18.2 Å². The fraction of sp³-hybridized carbons (Fsp3) is 0.533. The molecule has 1 aliphatic rings. The highest BCUT2D eigenvalue weighted by Gasteiger charge is 2.24. The number of likely N-dealkylation sites (tertiary alicyclic amines) is 1. The van der Waals surface area contributed by atoms with Gasteiger partial charge in [0.2, 0.25) is 0 Å². The normalized spacial score (nSPS) is 20.4. The molecule has 0 aliphatic carbocycles. The maximum Gasteiger partial charge on any atom is 0.304 e. The topological polar surface area (TPSA) is 40.5 Å². The number of piperidine rings is 1. The molecular weight excluding hydrogens is 245 g/mol. The molecule has 4 heteroatoms. The molecule has 2 rings (SSSR count). The zero-order valence-corrected chi connectivity index (χ0v) is 11.2. The molecule has 1 saturated heterocycles. The lowest BCUT2D eigenvalue weighted by molar-refractivity contribution is -0.138. The molecule has 104 valence electrons. The Balaban J connectivity index is 2.10. The highest BCUT2D eigenvalue weighted by atomic mass is 19.1. The fourth-order valence-electron chi connectivity index (χ4n) is 2.73. The van der Waals surface area contributed by atoms with Crippen molar-refractivity contribution in [3.63, 3.8) is 0 Å². The molecule has 0 amide bonds. The summed E-state index contributed by atoms with van der Waals surface area (Å²) < 4.78 is 13.3. The Labute approximate surface area is 113 Å². The van der Waals surface area contributed by atoms with Crippen LogP contribution < -0.4 is 0 Å². The molecule has 1 atom stereocenters. The van der Waals surface area contributed by atoms with E-state index in [4.69, 9.17) is 5.11 Å². The Morgan fingerprint density at radius 3 is 3.00 bits per heavy atom. The molecule has 1 aromatic rings. The Morgan fingerprint density at radius 2 is 2.26 bits per heavy atom. The molecule has 19 heavy (non-hydrogen) atoms. The number of rotatable bonds is 4. The van der Waals surface area contributed by atoms with Gasteiger partial charge in [-0.05, 0) is 49.6 Å². The van der Waals surface area contributed by atoms with Crippen molar-refractivity contribution in [3.05, 3.63) is 35.1 Å². The molecule has 0 radical (unpaired) electrons. The van der Waals surface area contributed by atoms with E-state index in [1.54, 1.807) is 12.1 Å². The first-order chi connectivity index (χ1) is 9.06. The highest BCUT2D eigenvalue weighted by Crippen LogP contribution is 2.23. The summed E-state index contributed by atoms with van der Waals surface area (Å²) in [4.78, 5) is 13.1. The van der Waals surface area contributed by atoms with Crippen LogP contribution in [-0.4, -0.2) is 28.6 Å². The van der Waals surface area contributed by atoms with Crippen LogP contribution >= 0.6 is 0 Å². The van der Waals surface area contributed by atoms with E-state index in [9.17, 15) is 9.18 Å². The Kier molecular flexibility index (Phi) is 4.53. The van der Waals surface area contributed by atoms with Gasteiger partial charge in [-0.2, -0.15) is 0 Å². The van der Waals surface area contributed by atoms with Crippen molar-refractivity contribution >= 4 is 5.97 Å². The van der Waals surface area contributed by atoms with Crippen molar-refractivity contribution in [1.29, 1.82) is 0 Å². The molecule has 1 unspecified atom stereocenters. The Bertz CT molecular complexity index is 461. The van der Waals surface area contributed by atoms with Crippen molar-refractivity contribution in [2.24, 2.45) is 0 Å². The number of hydrogen-bond acceptors (Lipinski definition) is 2. The number of hydrogen-bond donors (Lipinski definition) is 1. The van der Waals surface area contributed by atoms with Gasteiger partial charge in [-0.1, -0.05) is 12.5 Å². The number of benzene rings is 1. The molecule has 1 fully saturated rings. The van der Waals surface area contributed by atoms with E-state index < -0.39 is 5.97 Å². The van der Waals surface area contributed by atoms with Crippen LogP contribution in [-0.2, 0) is 11.3 Å². The minimum atomic E-state index is -0.757. The average molecular weight is 265 g/mol. The third-order valence-electron chi connectivity index (χ3n) is 3.84. The lowest BCUT2D eigenvalue weighted by Gasteiger charge is -2.35. The number of aryl methyl sites for hydroxylation is 1. The number of nitrogens with zero attached hydrogens (tertiary/aromatic N) is 1. The number of carboxylic acid groups (broad SMARTS) is 1. The quantitative estimate of drug-likeness (QED) is 0.910. The lowest BCUT2D eigenvalue weighted by atomic mass is 9.97. The van der Waals surface area contributed by atoms with Crippen LogP contribution in [0.3, 0.4) is 0 Å². The van der Waals surface area contributed by atoms with Crippen molar-refractivity contribution in [1.82, 2.24) is 4.90 Å². The van der Waals surface area contributed by atoms with Gasteiger partial charge in [0.1, 0.15) is 5.82 Å². The van der Waals surface area contributed by atoms with Crippen molar-refractivity contribution in [2.45, 2.75) is 45.2 Å². The number of aliphatic carboxylic acids is 1. The standard InChI is InChI=1S/C15H20FNO2/c1-11-5-6-13(16)8-12(11)10-17-7-3-2-4-14(17)9-15(18)19/h5-6,8,14H,2-4,7,9-10H2,1H3,(H,18,19). The van der Waals surface area contributed by atoms with Gasteiger partial charge < -0.3 is 5.11 Å². The van der Waals surface area contributed by atoms with Gasteiger partial charge in [-0.3, -0.25) is 9.69 Å². The van der Waals surface area contributed by atoms with Gasteiger partial charge >= 0.3 is 5.97 Å². The third-order valence-corrected chi connectivity index (χ3v) is 3.84. The summed E-state index contributed by atoms with van der Waals surface area (Å²) in [7, 11) is 0. The lowest BCUT2D eigenvalue weighted by Crippen LogP contribution is -2.40. The van der Waals surface area contributed by atoms with Gasteiger partial charge in [-0.15, -0.1) is 0 Å². The van der Waals surface area contributed by atoms with Crippen molar-refractivity contribution in [2.75, 3.05) is 6.54 Å². The van der Waals surface area contributed by atoms with Crippen LogP contribution in [0.2, 0.25) is 0 Å². The predicted octanol–water partition coefficient (Wildman–Crippen LogP) is 2.96. The molecule has 0 saturated carbocycles. The summed E-state index contributed by atoms with van der Waals surface area (Å²) in [6, 6.07) is 4.88. The zero-order valence-electron chi connectivity index (χ0n) is 11.2. The number of carbonyl (C=O) groups is 1. The van der Waals surface area contributed by atoms with E-state index in [2.05, 4.69) is 4.90 Å². The molecule has 0 aromatic heterocycles. The molecule has 1 aliphatic heterocycles. The van der Waals surface area contributed by atoms with E-state index in [1.807, 2.05) is 6.92 Å². The second-order valence-electron chi connectivity index (χ2n) is 5.29. The van der Waals surface area contributed by atoms with E-state index in [0.29, 0.717) is 6.54 Å². The minimum Gasteiger partial charge on any atom is -0.481 e. The summed E-state index contributed by atoms with van der Waals surface area (Å²) in [5.74, 6) is -0.986. The van der Waals surface area contributed by atoms with E-state index in [-0.39, 0.29) is 18.3 Å². The fourth-order valence-corrected chi connectivity index (χ4v) is 2.73. The van der Waals surface area contributed by atoms with Crippen LogP contribution in [0.25, 0.3) is 0 Å². The summed E-state index contributed by atoms with van der Waals surface area (Å²) in [5.41, 5.74) is 2.01. The van der Waals surface area contributed by atoms with Crippen LogP contribution in [0.5, 0.6) is 0 Å². The van der Waals surface area contributed by atoms with E-state index in [0.717, 1.165) is 36.9 Å². The number of carboxylic acids is 1. The van der Waals surface area contributed by atoms with Gasteiger partial charge in [0.15, 0.2) is 0 Å². The summed E-state index contributed by atoms with van der Waals surface area (Å²) in [6.45, 7) is 3.50. The highest BCUT2D eigenvalue weighted by molar-refractivity contribution is 5.67. The van der Waals surface area contributed by atoms with E-state index in [1.165, 1.54) is 6.07 Å². The van der Waals surface area contributed by atoms with Gasteiger partial charge in [0, 0.05) is 12.6 Å². The number of halogens is 1. The molecule has 1 N–H and O–H groups in total.